The number of nitrogens with zero attached hydrogens (tertiary/aromatic N) is 3. The number of methoxy groups -OCH3 is 1. The van der Waals surface area contributed by atoms with Crippen molar-refractivity contribution in [1.29, 1.82) is 0 Å². The van der Waals surface area contributed by atoms with E-state index in [2.05, 4.69) is 15.5 Å². The van der Waals surface area contributed by atoms with Gasteiger partial charge in [0.05, 0.1) is 12.8 Å². The molecule has 33 heavy (non-hydrogen) atoms. The van der Waals surface area contributed by atoms with Crippen LogP contribution in [0.3, 0.4) is 0 Å². The van der Waals surface area contributed by atoms with Crippen molar-refractivity contribution >= 4 is 34.0 Å². The number of nitrogens with one attached hydrogen (secondary N) is 1. The van der Waals surface area contributed by atoms with Gasteiger partial charge in [-0.1, -0.05) is 30.3 Å². The average Bonchev–Trinajstić information content (AvgIpc) is 3.11. The van der Waals surface area contributed by atoms with Crippen molar-refractivity contribution in [1.82, 2.24) is 9.88 Å². The summed E-state index contributed by atoms with van der Waals surface area (Å²) < 4.78 is 6.38. The Hall–Kier alpha value is -4.24. The van der Waals surface area contributed by atoms with E-state index in [-0.39, 0.29) is 22.4 Å². The lowest BCUT2D eigenvalue weighted by molar-refractivity contribution is 0.0995. The van der Waals surface area contributed by atoms with E-state index in [1.165, 1.54) is 10.6 Å². The second-order valence-electron chi connectivity index (χ2n) is 7.09. The van der Waals surface area contributed by atoms with Crippen molar-refractivity contribution in [2.45, 2.75) is 6.54 Å². The maximum Gasteiger partial charge on any atom is 0.295 e. The maximum absolute atomic E-state index is 12.5. The van der Waals surface area contributed by atoms with Gasteiger partial charge >= 0.3 is 0 Å². The van der Waals surface area contributed by atoms with Gasteiger partial charge in [0.15, 0.2) is 0 Å². The zero-order chi connectivity index (χ0) is 23.4. The largest absolute Gasteiger partial charge is 0.497 e. The van der Waals surface area contributed by atoms with Crippen LogP contribution in [-0.2, 0) is 6.54 Å². The first kappa shape index (κ1) is 22.0. The summed E-state index contributed by atoms with van der Waals surface area (Å²) in [5.74, 6) is -0.110. The summed E-state index contributed by atoms with van der Waals surface area (Å²) in [5, 5.41) is 32.6. The molecular formula is C24H20N4O4S. The topological polar surface area (TPSA) is 108 Å². The van der Waals surface area contributed by atoms with Gasteiger partial charge in [-0.3, -0.25) is 9.36 Å². The summed E-state index contributed by atoms with van der Waals surface area (Å²) >= 11 is 5.12. The lowest BCUT2D eigenvalue weighted by atomic mass is 10.2. The van der Waals surface area contributed by atoms with Gasteiger partial charge in [-0.05, 0) is 60.2 Å². The highest BCUT2D eigenvalue weighted by atomic mass is 32.1. The van der Waals surface area contributed by atoms with E-state index in [4.69, 9.17) is 17.0 Å². The minimum absolute atomic E-state index is 0.0715. The number of fused-ring (bicyclic) bond motifs is 1. The maximum atomic E-state index is 12.5. The molecule has 0 bridgehead atoms. The van der Waals surface area contributed by atoms with Crippen LogP contribution in [0.5, 0.6) is 17.5 Å². The van der Waals surface area contributed by atoms with Crippen molar-refractivity contribution in [3.05, 3.63) is 83.9 Å². The third-order valence-electron chi connectivity index (χ3n) is 5.02. The number of aromatic hydroxyl groups is 2. The second-order valence-corrected chi connectivity index (χ2v) is 7.48. The molecule has 3 aromatic carbocycles. The molecule has 0 aliphatic rings. The molecule has 1 aromatic heterocycles. The first-order chi connectivity index (χ1) is 16.0. The zero-order valence-corrected chi connectivity index (χ0v) is 18.4. The van der Waals surface area contributed by atoms with Crippen LogP contribution in [0.1, 0.15) is 15.9 Å². The molecule has 4 rings (SSSR count). The number of aromatic nitrogens is 1. The molecule has 1 amide bonds. The van der Waals surface area contributed by atoms with E-state index in [1.54, 1.807) is 49.6 Å². The van der Waals surface area contributed by atoms with E-state index in [9.17, 15) is 15.0 Å². The zero-order valence-electron chi connectivity index (χ0n) is 17.6. The molecular weight excluding hydrogens is 440 g/mol. The fraction of sp³-hybridized carbons (Fsp3) is 0.0833. The van der Waals surface area contributed by atoms with Gasteiger partial charge in [0.25, 0.3) is 5.91 Å². The quantitative estimate of drug-likeness (QED) is 0.294. The Bertz CT molecular complexity index is 1320. The smallest absolute Gasteiger partial charge is 0.295 e. The van der Waals surface area contributed by atoms with Gasteiger partial charge in [-0.2, -0.15) is 0 Å². The molecule has 0 saturated heterocycles. The number of azo groups is 1. The van der Waals surface area contributed by atoms with Gasteiger partial charge in [-0.25, -0.2) is 0 Å². The van der Waals surface area contributed by atoms with Crippen LogP contribution >= 0.6 is 12.2 Å². The summed E-state index contributed by atoms with van der Waals surface area (Å²) in [6, 6.07) is 20.7. The summed E-state index contributed by atoms with van der Waals surface area (Å²) in [7, 11) is 1.60. The van der Waals surface area contributed by atoms with E-state index < -0.39 is 5.91 Å². The number of carbonyl (C=O) groups excluding carboxylic acids is 1. The molecule has 0 saturated carbocycles. The van der Waals surface area contributed by atoms with Crippen LogP contribution < -0.4 is 10.1 Å². The highest BCUT2D eigenvalue weighted by Crippen LogP contribution is 2.38. The molecule has 3 N–H and O–H groups in total. The molecule has 9 heteroatoms. The van der Waals surface area contributed by atoms with Crippen molar-refractivity contribution in [3.63, 3.8) is 0 Å². The van der Waals surface area contributed by atoms with E-state index in [0.29, 0.717) is 23.0 Å². The number of rotatable bonds is 5. The van der Waals surface area contributed by atoms with Crippen LogP contribution in [0.2, 0.25) is 0 Å². The summed E-state index contributed by atoms with van der Waals surface area (Å²) in [5.41, 5.74) is 1.60. The molecule has 4 aromatic rings. The molecule has 0 aliphatic carbocycles. The van der Waals surface area contributed by atoms with Crippen LogP contribution in [0.15, 0.2) is 83.0 Å². The van der Waals surface area contributed by atoms with Crippen molar-refractivity contribution in [2.24, 2.45) is 10.2 Å². The Labute approximate surface area is 194 Å². The molecule has 0 unspecified atom stereocenters. The predicted octanol–water partition coefficient (Wildman–Crippen LogP) is 4.72. The highest BCUT2D eigenvalue weighted by Gasteiger charge is 2.17. The molecule has 0 spiro atoms. The Balaban J connectivity index is 1.46. The number of amides is 1. The Kier molecular flexibility index (Phi) is 6.32. The van der Waals surface area contributed by atoms with Crippen LogP contribution in [0, 0.1) is 0 Å². The number of benzene rings is 3. The minimum Gasteiger partial charge on any atom is -0.497 e. The number of thiocarbonyl (C=S) groups is 1. The van der Waals surface area contributed by atoms with Crippen LogP contribution in [0.25, 0.3) is 16.5 Å². The molecule has 166 valence electrons. The van der Waals surface area contributed by atoms with E-state index >= 15 is 0 Å². The predicted molar refractivity (Wildman–Crippen MR) is 128 cm³/mol. The van der Waals surface area contributed by atoms with E-state index in [0.717, 1.165) is 11.3 Å². The second kappa shape index (κ2) is 9.49. The van der Waals surface area contributed by atoms with Gasteiger partial charge < -0.3 is 20.3 Å². The first-order valence-corrected chi connectivity index (χ1v) is 10.4. The van der Waals surface area contributed by atoms with Gasteiger partial charge in [0, 0.05) is 22.9 Å². The monoisotopic (exact) mass is 460 g/mol. The summed E-state index contributed by atoms with van der Waals surface area (Å²) in [6.07, 6.45) is 0. The standard InChI is InChI=1S/C24H20N4O4S/c1-32-18-11-9-15(10-12-18)14-25-24(33)27-26-21(29)16-5-4-6-17(13-16)28-22(30)19-7-2-3-8-20(19)23(28)31/h2-13,30-31H,14H2,1H3,(H,25,33). The number of ether oxygens (including phenoxy) is 1. The molecule has 1 heterocycles. The molecule has 0 atom stereocenters. The Morgan fingerprint density at radius 3 is 2.27 bits per heavy atom. The lowest BCUT2D eigenvalue weighted by Crippen LogP contribution is -2.18. The lowest BCUT2D eigenvalue weighted by Gasteiger charge is -2.08. The SMILES string of the molecule is COc1ccc(CNC(=S)N=NC(=O)c2cccc(-n3c(O)c4ccccc4c3O)c2)cc1. The molecule has 8 nitrogen and oxygen atoms in total. The fourth-order valence-electron chi connectivity index (χ4n) is 3.34. The number of hydrogen-bond donors (Lipinski definition) is 3. The summed E-state index contributed by atoms with van der Waals surface area (Å²) in [6.45, 7) is 0.422. The van der Waals surface area contributed by atoms with Crippen molar-refractivity contribution < 1.29 is 19.7 Å². The van der Waals surface area contributed by atoms with Crippen molar-refractivity contribution in [3.8, 4) is 23.2 Å². The first-order valence-electron chi connectivity index (χ1n) is 9.96. The van der Waals surface area contributed by atoms with Crippen molar-refractivity contribution in [2.75, 3.05) is 7.11 Å². The summed E-state index contributed by atoms with van der Waals surface area (Å²) in [4.78, 5) is 12.5. The van der Waals surface area contributed by atoms with Gasteiger partial charge in [-0.15, -0.1) is 10.2 Å². The van der Waals surface area contributed by atoms with Crippen LogP contribution in [0.4, 0.5) is 0 Å². The molecule has 0 radical (unpaired) electrons. The van der Waals surface area contributed by atoms with Gasteiger partial charge in [0.1, 0.15) is 5.75 Å². The number of carbonyl (C=O) groups is 1. The van der Waals surface area contributed by atoms with Gasteiger partial charge in [0.2, 0.25) is 16.9 Å². The third-order valence-corrected chi connectivity index (χ3v) is 5.24. The van der Waals surface area contributed by atoms with E-state index in [1.807, 2.05) is 24.3 Å². The molecule has 0 aliphatic heterocycles. The Morgan fingerprint density at radius 1 is 0.970 bits per heavy atom. The normalized spacial score (nSPS) is 11.1. The Morgan fingerprint density at radius 2 is 1.64 bits per heavy atom. The van der Waals surface area contributed by atoms with Crippen LogP contribution in [-0.4, -0.2) is 32.9 Å². The number of hydrogen-bond acceptors (Lipinski definition) is 5. The minimum atomic E-state index is -0.610. The highest BCUT2D eigenvalue weighted by molar-refractivity contribution is 7.80. The molecule has 0 fully saturated rings. The fourth-order valence-corrected chi connectivity index (χ4v) is 3.45. The third kappa shape index (κ3) is 4.68. The average molecular weight is 461 g/mol.